The average molecular weight is 636 g/mol. The number of hydrogen-bond acceptors (Lipinski definition) is 3. The molecule has 50 heavy (non-hydrogen) atoms. The van der Waals surface area contributed by atoms with Crippen LogP contribution in [0.5, 0.6) is 0 Å². The van der Waals surface area contributed by atoms with E-state index in [0.29, 0.717) is 16.7 Å². The van der Waals surface area contributed by atoms with E-state index in [4.69, 9.17) is 0 Å². The zero-order chi connectivity index (χ0) is 33.8. The molecule has 5 nitrogen and oxygen atoms in total. The van der Waals surface area contributed by atoms with E-state index in [9.17, 15) is 15.8 Å². The molecule has 0 radical (unpaired) electrons. The van der Waals surface area contributed by atoms with Gasteiger partial charge in [-0.2, -0.15) is 15.8 Å². The highest BCUT2D eigenvalue weighted by molar-refractivity contribution is 6.11. The fraction of sp³-hybridized carbons (Fsp3) is 0. The van der Waals surface area contributed by atoms with Gasteiger partial charge in [-0.05, 0) is 83.9 Å². The van der Waals surface area contributed by atoms with E-state index >= 15 is 0 Å². The first-order valence-corrected chi connectivity index (χ1v) is 16.3. The Hall–Kier alpha value is -7.39. The van der Waals surface area contributed by atoms with Crippen LogP contribution in [0.1, 0.15) is 16.7 Å². The third-order valence-corrected chi connectivity index (χ3v) is 9.64. The van der Waals surface area contributed by atoms with Crippen molar-refractivity contribution >= 4 is 43.6 Å². The van der Waals surface area contributed by atoms with Crippen molar-refractivity contribution in [2.75, 3.05) is 0 Å². The van der Waals surface area contributed by atoms with E-state index in [0.717, 1.165) is 66.5 Å². The van der Waals surface area contributed by atoms with Crippen molar-refractivity contribution in [3.8, 4) is 51.8 Å². The maximum absolute atomic E-state index is 10.3. The summed E-state index contributed by atoms with van der Waals surface area (Å²) >= 11 is 0. The fourth-order valence-electron chi connectivity index (χ4n) is 7.36. The minimum atomic E-state index is 0.513. The Morgan fingerprint density at radius 1 is 0.380 bits per heavy atom. The lowest BCUT2D eigenvalue weighted by atomic mass is 9.93. The molecule has 0 N–H and O–H groups in total. The quantitative estimate of drug-likeness (QED) is 0.193. The van der Waals surface area contributed by atoms with Crippen LogP contribution in [0.2, 0.25) is 0 Å². The van der Waals surface area contributed by atoms with Crippen molar-refractivity contribution in [1.82, 2.24) is 9.13 Å². The first-order valence-electron chi connectivity index (χ1n) is 16.3. The van der Waals surface area contributed by atoms with E-state index in [1.54, 1.807) is 6.07 Å². The molecule has 0 saturated heterocycles. The first kappa shape index (κ1) is 28.8. The number of para-hydroxylation sites is 3. The summed E-state index contributed by atoms with van der Waals surface area (Å²) in [7, 11) is 0. The number of benzene rings is 7. The molecule has 0 fully saturated rings. The van der Waals surface area contributed by atoms with Gasteiger partial charge in [0.1, 0.15) is 0 Å². The van der Waals surface area contributed by atoms with Gasteiger partial charge in [-0.1, -0.05) is 78.9 Å². The van der Waals surface area contributed by atoms with E-state index in [1.807, 2.05) is 66.7 Å². The van der Waals surface area contributed by atoms with Crippen molar-refractivity contribution < 1.29 is 0 Å². The second-order valence-corrected chi connectivity index (χ2v) is 12.3. The molecular weight excluding hydrogens is 611 g/mol. The molecule has 0 bridgehead atoms. The van der Waals surface area contributed by atoms with Gasteiger partial charge in [0.15, 0.2) is 0 Å². The minimum Gasteiger partial charge on any atom is -0.309 e. The Morgan fingerprint density at radius 3 is 1.56 bits per heavy atom. The summed E-state index contributed by atoms with van der Waals surface area (Å²) in [6.07, 6.45) is 0. The van der Waals surface area contributed by atoms with Crippen LogP contribution in [-0.2, 0) is 0 Å². The number of aromatic nitrogens is 2. The third kappa shape index (κ3) is 4.38. The molecular formula is C45H25N5. The second kappa shape index (κ2) is 11.4. The zero-order valence-corrected chi connectivity index (χ0v) is 26.7. The van der Waals surface area contributed by atoms with Crippen LogP contribution < -0.4 is 0 Å². The molecule has 0 unspecified atom stereocenters. The van der Waals surface area contributed by atoms with Gasteiger partial charge in [0, 0.05) is 38.4 Å². The predicted octanol–water partition coefficient (Wildman–Crippen LogP) is 10.8. The molecule has 0 aliphatic rings. The summed E-state index contributed by atoms with van der Waals surface area (Å²) in [5, 5.41) is 34.4. The third-order valence-electron chi connectivity index (χ3n) is 9.64. The molecule has 7 aromatic carbocycles. The smallest absolute Gasteiger partial charge is 0.0998 e. The Balaban J connectivity index is 1.21. The monoisotopic (exact) mass is 635 g/mol. The van der Waals surface area contributed by atoms with Crippen LogP contribution in [0.3, 0.4) is 0 Å². The van der Waals surface area contributed by atoms with Gasteiger partial charge in [-0.3, -0.25) is 0 Å². The second-order valence-electron chi connectivity index (χ2n) is 12.3. The molecule has 230 valence electrons. The number of fused-ring (bicyclic) bond motifs is 6. The van der Waals surface area contributed by atoms with E-state index in [2.05, 4.69) is 106 Å². The summed E-state index contributed by atoms with van der Waals surface area (Å²) in [5.41, 5.74) is 11.3. The average Bonchev–Trinajstić information content (AvgIpc) is 3.70. The minimum absolute atomic E-state index is 0.513. The largest absolute Gasteiger partial charge is 0.309 e. The number of hydrogen-bond donors (Lipinski definition) is 0. The lowest BCUT2D eigenvalue weighted by Crippen LogP contribution is -2.00. The topological polar surface area (TPSA) is 81.2 Å². The standard InChI is InChI=1S/C45H25N5/c46-26-29-14-22-44-40(23-29)37-9-3-6-12-43(37)50(44)45-24-30(27-47)13-21-38(45)39-25-32(15-16-33(39)28-48)31-17-19-34(20-18-31)49-41-10-4-1-7-35(41)36-8-2-5-11-42(36)49/h1-25H. The molecule has 0 saturated carbocycles. The highest BCUT2D eigenvalue weighted by Crippen LogP contribution is 2.39. The molecule has 5 heteroatoms. The van der Waals surface area contributed by atoms with Crippen LogP contribution >= 0.6 is 0 Å². The van der Waals surface area contributed by atoms with Crippen molar-refractivity contribution in [3.63, 3.8) is 0 Å². The summed E-state index contributed by atoms with van der Waals surface area (Å²) in [6, 6.07) is 57.8. The van der Waals surface area contributed by atoms with Gasteiger partial charge in [0.2, 0.25) is 0 Å². The van der Waals surface area contributed by atoms with Crippen LogP contribution in [0.4, 0.5) is 0 Å². The number of nitriles is 3. The number of nitrogens with zero attached hydrogens (tertiary/aromatic N) is 5. The Kier molecular flexibility index (Phi) is 6.56. The Morgan fingerprint density at radius 2 is 0.920 bits per heavy atom. The van der Waals surface area contributed by atoms with Crippen LogP contribution in [-0.4, -0.2) is 9.13 Å². The summed E-state index contributed by atoms with van der Waals surface area (Å²) in [4.78, 5) is 0. The van der Waals surface area contributed by atoms with Gasteiger partial charge < -0.3 is 9.13 Å². The molecule has 0 aliphatic heterocycles. The molecule has 9 aromatic rings. The predicted molar refractivity (Wildman–Crippen MR) is 200 cm³/mol. The lowest BCUT2D eigenvalue weighted by Gasteiger charge is -2.17. The SMILES string of the molecule is N#Cc1ccc(-c2cc(-c3ccc(-n4c5ccccc5c5ccccc54)cc3)ccc2C#N)c(-n2c3ccccc3c3cc(C#N)ccc32)c1. The maximum Gasteiger partial charge on any atom is 0.0998 e. The van der Waals surface area contributed by atoms with Gasteiger partial charge in [-0.25, -0.2) is 0 Å². The van der Waals surface area contributed by atoms with E-state index in [1.165, 1.54) is 10.8 Å². The molecule has 0 atom stereocenters. The van der Waals surface area contributed by atoms with Crippen molar-refractivity contribution in [2.24, 2.45) is 0 Å². The first-order chi connectivity index (χ1) is 24.7. The van der Waals surface area contributed by atoms with Gasteiger partial charge in [0.05, 0.1) is 62.7 Å². The lowest BCUT2D eigenvalue weighted by molar-refractivity contribution is 1.18. The van der Waals surface area contributed by atoms with E-state index in [-0.39, 0.29) is 0 Å². The number of rotatable bonds is 4. The molecule has 0 amide bonds. The summed E-state index contributed by atoms with van der Waals surface area (Å²) in [5.74, 6) is 0. The molecule has 0 aliphatic carbocycles. The Labute approximate surface area is 287 Å². The molecule has 9 rings (SSSR count). The van der Waals surface area contributed by atoms with Gasteiger partial charge in [0.25, 0.3) is 0 Å². The molecule has 2 heterocycles. The highest BCUT2D eigenvalue weighted by atomic mass is 15.0. The molecule has 2 aromatic heterocycles. The van der Waals surface area contributed by atoms with Crippen LogP contribution in [0, 0.1) is 34.0 Å². The van der Waals surface area contributed by atoms with Crippen molar-refractivity contribution in [2.45, 2.75) is 0 Å². The highest BCUT2D eigenvalue weighted by Gasteiger charge is 2.19. The Bertz CT molecular complexity index is 2900. The van der Waals surface area contributed by atoms with Crippen LogP contribution in [0.25, 0.3) is 77.2 Å². The summed E-state index contributed by atoms with van der Waals surface area (Å²) in [6.45, 7) is 0. The van der Waals surface area contributed by atoms with Gasteiger partial charge >= 0.3 is 0 Å². The van der Waals surface area contributed by atoms with Crippen LogP contribution in [0.15, 0.2) is 152 Å². The fourth-order valence-corrected chi connectivity index (χ4v) is 7.36. The summed E-state index contributed by atoms with van der Waals surface area (Å²) < 4.78 is 4.43. The van der Waals surface area contributed by atoms with Crippen molar-refractivity contribution in [3.05, 3.63) is 168 Å². The normalized spacial score (nSPS) is 11.1. The zero-order valence-electron chi connectivity index (χ0n) is 26.7. The van der Waals surface area contributed by atoms with Crippen molar-refractivity contribution in [1.29, 1.82) is 15.8 Å². The maximum atomic E-state index is 10.3. The van der Waals surface area contributed by atoms with Gasteiger partial charge in [-0.15, -0.1) is 0 Å². The molecule has 0 spiro atoms. The van der Waals surface area contributed by atoms with E-state index < -0.39 is 0 Å².